The van der Waals surface area contributed by atoms with Crippen LogP contribution < -0.4 is 0 Å². The molecule has 1 unspecified atom stereocenters. The lowest BCUT2D eigenvalue weighted by atomic mass is 9.91. The fourth-order valence-electron chi connectivity index (χ4n) is 4.36. The summed E-state index contributed by atoms with van der Waals surface area (Å²) in [6.45, 7) is -0.0472. The molecular formula is C23H24F3N3O4. The molecule has 1 aliphatic rings. The smallest absolute Gasteiger partial charge is 0.393 e. The third kappa shape index (κ3) is 4.59. The third-order valence-electron chi connectivity index (χ3n) is 6.20. The van der Waals surface area contributed by atoms with E-state index in [2.05, 4.69) is 0 Å². The Bertz CT molecular complexity index is 1140. The van der Waals surface area contributed by atoms with E-state index in [9.17, 15) is 33.5 Å². The van der Waals surface area contributed by atoms with Crippen molar-refractivity contribution < 1.29 is 28.3 Å². The molecule has 0 amide bonds. The summed E-state index contributed by atoms with van der Waals surface area (Å²) in [5, 5.41) is 32.2. The van der Waals surface area contributed by atoms with E-state index < -0.39 is 29.3 Å². The molecule has 176 valence electrons. The molecule has 4 rings (SSSR count). The number of aromatic nitrogens is 1. The van der Waals surface area contributed by atoms with Crippen LogP contribution in [0.25, 0.3) is 10.9 Å². The van der Waals surface area contributed by atoms with Crippen molar-refractivity contribution in [2.75, 3.05) is 19.6 Å². The van der Waals surface area contributed by atoms with Gasteiger partial charge in [-0.2, -0.15) is 13.2 Å². The average Bonchev–Trinajstić information content (AvgIpc) is 3.13. The number of piperidine rings is 1. The molecule has 1 aliphatic heterocycles. The molecule has 0 bridgehead atoms. The molecule has 33 heavy (non-hydrogen) atoms. The van der Waals surface area contributed by atoms with Gasteiger partial charge in [0.2, 0.25) is 5.60 Å². The quantitative estimate of drug-likeness (QED) is 0.429. The fourth-order valence-corrected chi connectivity index (χ4v) is 4.36. The molecule has 3 aromatic rings. The zero-order chi connectivity index (χ0) is 23.8. The van der Waals surface area contributed by atoms with Crippen LogP contribution in [0.3, 0.4) is 0 Å². The highest BCUT2D eigenvalue weighted by atomic mass is 19.4. The molecule has 2 heterocycles. The van der Waals surface area contributed by atoms with E-state index in [1.165, 1.54) is 27.8 Å². The van der Waals surface area contributed by atoms with Gasteiger partial charge >= 0.3 is 6.18 Å². The summed E-state index contributed by atoms with van der Waals surface area (Å²) in [7, 11) is 0. The van der Waals surface area contributed by atoms with E-state index >= 15 is 0 Å². The Kier molecular flexibility index (Phi) is 6.17. The van der Waals surface area contributed by atoms with Crippen LogP contribution >= 0.6 is 0 Å². The van der Waals surface area contributed by atoms with Crippen LogP contribution in [0.5, 0.6) is 0 Å². The minimum atomic E-state index is -4.99. The van der Waals surface area contributed by atoms with Crippen molar-refractivity contribution in [3.05, 3.63) is 76.0 Å². The minimum Gasteiger partial charge on any atom is -0.393 e. The summed E-state index contributed by atoms with van der Waals surface area (Å²) in [6, 6.07) is 12.6. The number of hydrogen-bond acceptors (Lipinski definition) is 5. The van der Waals surface area contributed by atoms with E-state index in [4.69, 9.17) is 0 Å². The highest BCUT2D eigenvalue weighted by Gasteiger charge is 2.57. The van der Waals surface area contributed by atoms with E-state index in [1.54, 1.807) is 24.3 Å². The average molecular weight is 463 g/mol. The second-order valence-electron chi connectivity index (χ2n) is 8.48. The van der Waals surface area contributed by atoms with Crippen LogP contribution in [0, 0.1) is 10.1 Å². The van der Waals surface area contributed by atoms with Gasteiger partial charge in [0, 0.05) is 55.5 Å². The van der Waals surface area contributed by atoms with Crippen molar-refractivity contribution >= 4 is 16.6 Å². The van der Waals surface area contributed by atoms with Crippen molar-refractivity contribution in [1.82, 2.24) is 9.47 Å². The van der Waals surface area contributed by atoms with E-state index in [1.807, 2.05) is 6.07 Å². The second-order valence-corrected chi connectivity index (χ2v) is 8.48. The monoisotopic (exact) mass is 463 g/mol. The first-order chi connectivity index (χ1) is 15.6. The van der Waals surface area contributed by atoms with E-state index in [0.717, 1.165) is 11.6 Å². The minimum absolute atomic E-state index is 0.105. The highest BCUT2D eigenvalue weighted by Crippen LogP contribution is 2.44. The number of likely N-dealkylation sites (tertiary alicyclic amines) is 1. The van der Waals surface area contributed by atoms with Crippen LogP contribution in [0.1, 0.15) is 24.0 Å². The fraction of sp³-hybridized carbons (Fsp3) is 0.391. The number of alkyl halides is 3. The number of non-ortho nitro benzene ring substituents is 1. The van der Waals surface area contributed by atoms with Crippen LogP contribution in [0.2, 0.25) is 0 Å². The summed E-state index contributed by atoms with van der Waals surface area (Å²) in [5.74, 6) is 0. The number of aliphatic hydroxyl groups excluding tert-OH is 1. The maximum Gasteiger partial charge on any atom is 0.422 e. The van der Waals surface area contributed by atoms with Gasteiger partial charge in [-0.3, -0.25) is 15.0 Å². The molecule has 2 N–H and O–H groups in total. The topological polar surface area (TPSA) is 91.8 Å². The Morgan fingerprint density at radius 1 is 1.09 bits per heavy atom. The number of halogens is 3. The number of nitro groups is 1. The molecule has 7 nitrogen and oxygen atoms in total. The van der Waals surface area contributed by atoms with Gasteiger partial charge in [-0.25, -0.2) is 0 Å². The predicted molar refractivity (Wildman–Crippen MR) is 116 cm³/mol. The van der Waals surface area contributed by atoms with Gasteiger partial charge in [0.05, 0.1) is 16.5 Å². The number of nitro benzene ring substituents is 1. The molecule has 1 fully saturated rings. The Hall–Kier alpha value is -2.95. The molecule has 2 aromatic carbocycles. The first kappa shape index (κ1) is 23.2. The number of fused-ring (bicyclic) bond motifs is 1. The van der Waals surface area contributed by atoms with Crippen molar-refractivity contribution in [2.24, 2.45) is 0 Å². The molecule has 0 radical (unpaired) electrons. The highest BCUT2D eigenvalue weighted by molar-refractivity contribution is 5.87. The number of β-amino-alcohol motifs (C(OH)–C–C–N with tert-alkyl or cyclic N) is 1. The lowest BCUT2D eigenvalue weighted by Gasteiger charge is -2.38. The Balaban J connectivity index is 1.83. The van der Waals surface area contributed by atoms with E-state index in [-0.39, 0.29) is 41.8 Å². The standard InChI is InChI=1S/C23H24F3N3O4/c24-23(25,26)22(31,15-27-10-8-18(30)9-11-27)20-14-28(13-16-4-2-1-3-5-16)21-12-17(29(32)33)6-7-19(20)21/h1-7,12,14,18,30-31H,8-11,13,15H2. The lowest BCUT2D eigenvalue weighted by molar-refractivity contribution is -0.384. The van der Waals surface area contributed by atoms with Crippen molar-refractivity contribution in [3.63, 3.8) is 0 Å². The first-order valence-electron chi connectivity index (χ1n) is 10.6. The number of nitrogens with zero attached hydrogens (tertiary/aromatic N) is 3. The zero-order valence-electron chi connectivity index (χ0n) is 17.7. The van der Waals surface area contributed by atoms with Crippen LogP contribution in [-0.4, -0.2) is 56.5 Å². The number of hydrogen-bond donors (Lipinski definition) is 2. The van der Waals surface area contributed by atoms with Crippen molar-refractivity contribution in [2.45, 2.75) is 37.3 Å². The Morgan fingerprint density at radius 2 is 1.76 bits per heavy atom. The summed E-state index contributed by atoms with van der Waals surface area (Å²) < 4.78 is 44.6. The SMILES string of the molecule is O=[N+]([O-])c1ccc2c(C(O)(CN3CCC(O)CC3)C(F)(F)F)cn(Cc3ccccc3)c2c1. The summed E-state index contributed by atoms with van der Waals surface area (Å²) >= 11 is 0. The van der Waals surface area contributed by atoms with Crippen LogP contribution in [0.15, 0.2) is 54.7 Å². The summed E-state index contributed by atoms with van der Waals surface area (Å²) in [4.78, 5) is 12.2. The van der Waals surface area contributed by atoms with Crippen LogP contribution in [-0.2, 0) is 12.1 Å². The van der Waals surface area contributed by atoms with Crippen LogP contribution in [0.4, 0.5) is 18.9 Å². The van der Waals surface area contributed by atoms with Crippen molar-refractivity contribution in [1.29, 1.82) is 0 Å². The summed E-state index contributed by atoms with van der Waals surface area (Å²) in [5.41, 5.74) is -2.75. The number of aliphatic hydroxyl groups is 2. The molecule has 1 atom stereocenters. The van der Waals surface area contributed by atoms with Gasteiger partial charge < -0.3 is 14.8 Å². The normalized spacial score (nSPS) is 17.8. The largest absolute Gasteiger partial charge is 0.422 e. The lowest BCUT2D eigenvalue weighted by Crippen LogP contribution is -2.52. The molecule has 0 spiro atoms. The third-order valence-corrected chi connectivity index (χ3v) is 6.20. The van der Waals surface area contributed by atoms with Gasteiger partial charge in [-0.05, 0) is 24.5 Å². The molecule has 0 saturated carbocycles. The number of rotatable bonds is 6. The van der Waals surface area contributed by atoms with Gasteiger partial charge in [0.15, 0.2) is 0 Å². The first-order valence-corrected chi connectivity index (χ1v) is 10.6. The second kappa shape index (κ2) is 8.77. The zero-order valence-corrected chi connectivity index (χ0v) is 17.7. The van der Waals surface area contributed by atoms with Gasteiger partial charge in [0.25, 0.3) is 5.69 Å². The molecule has 1 saturated heterocycles. The van der Waals surface area contributed by atoms with Crippen molar-refractivity contribution in [3.8, 4) is 0 Å². The maximum absolute atomic E-state index is 14.3. The molecule has 1 aromatic heterocycles. The molecule has 10 heteroatoms. The van der Waals surface area contributed by atoms with Gasteiger partial charge in [-0.15, -0.1) is 0 Å². The molecular weight excluding hydrogens is 439 g/mol. The summed E-state index contributed by atoms with van der Waals surface area (Å²) in [6.07, 6.45) is -3.65. The molecule has 0 aliphatic carbocycles. The maximum atomic E-state index is 14.3. The van der Waals surface area contributed by atoms with Gasteiger partial charge in [-0.1, -0.05) is 30.3 Å². The Labute approximate surface area is 187 Å². The van der Waals surface area contributed by atoms with Gasteiger partial charge in [0.1, 0.15) is 0 Å². The number of benzene rings is 2. The van der Waals surface area contributed by atoms with E-state index in [0.29, 0.717) is 12.8 Å². The Morgan fingerprint density at radius 3 is 2.36 bits per heavy atom. The predicted octanol–water partition coefficient (Wildman–Crippen LogP) is 3.80.